The van der Waals surface area contributed by atoms with Crippen LogP contribution < -0.4 is 0 Å². The number of aromatic carboxylic acids is 1. The summed E-state index contributed by atoms with van der Waals surface area (Å²) in [6.45, 7) is 0. The first kappa shape index (κ1) is 17.5. The zero-order valence-electron chi connectivity index (χ0n) is 16.4. The average molecular weight is 403 g/mol. The molecule has 0 aliphatic heterocycles. The Kier molecular flexibility index (Phi) is 3.74. The fraction of sp³-hybridized carbons (Fsp3) is 0. The quantitative estimate of drug-likeness (QED) is 0.350. The summed E-state index contributed by atoms with van der Waals surface area (Å²) in [5.74, 6) is -0.212. The van der Waals surface area contributed by atoms with E-state index in [1.807, 2.05) is 48.5 Å². The molecule has 4 nitrogen and oxygen atoms in total. The molecule has 0 saturated heterocycles. The van der Waals surface area contributed by atoms with Crippen LogP contribution in [0.4, 0.5) is 0 Å². The molecular formula is C27H17NO3. The molecule has 31 heavy (non-hydrogen) atoms. The third kappa shape index (κ3) is 2.73. The number of carbonyl (C=O) groups is 1. The fourth-order valence-corrected chi connectivity index (χ4v) is 4.31. The number of rotatable bonds is 3. The third-order valence-electron chi connectivity index (χ3n) is 5.74. The minimum atomic E-state index is -0.950. The highest BCUT2D eigenvalue weighted by Crippen LogP contribution is 2.37. The average Bonchev–Trinajstić information content (AvgIpc) is 3.40. The normalized spacial score (nSPS) is 11.5. The van der Waals surface area contributed by atoms with Crippen LogP contribution in [0.2, 0.25) is 0 Å². The van der Waals surface area contributed by atoms with Crippen molar-refractivity contribution in [3.05, 3.63) is 103 Å². The van der Waals surface area contributed by atoms with Crippen molar-refractivity contribution in [2.45, 2.75) is 0 Å². The van der Waals surface area contributed by atoms with Crippen LogP contribution in [0, 0.1) is 0 Å². The summed E-state index contributed by atoms with van der Waals surface area (Å²) in [7, 11) is 0. The molecule has 0 fully saturated rings. The molecule has 4 aromatic carbocycles. The number of carboxylic acids is 1. The zero-order valence-corrected chi connectivity index (χ0v) is 16.4. The van der Waals surface area contributed by atoms with E-state index < -0.39 is 5.97 Å². The monoisotopic (exact) mass is 403 g/mol. The Hall–Kier alpha value is -4.31. The first-order valence-electron chi connectivity index (χ1n) is 10.0. The molecule has 0 aliphatic rings. The Morgan fingerprint density at radius 1 is 0.742 bits per heavy atom. The molecule has 0 atom stereocenters. The van der Waals surface area contributed by atoms with Crippen LogP contribution in [0.25, 0.3) is 49.8 Å². The maximum absolute atomic E-state index is 11.6. The molecule has 0 saturated carbocycles. The zero-order chi connectivity index (χ0) is 20.9. The van der Waals surface area contributed by atoms with Crippen molar-refractivity contribution in [2.24, 2.45) is 0 Å². The van der Waals surface area contributed by atoms with Crippen molar-refractivity contribution in [3.8, 4) is 17.1 Å². The van der Waals surface area contributed by atoms with Gasteiger partial charge in [-0.1, -0.05) is 54.6 Å². The van der Waals surface area contributed by atoms with Gasteiger partial charge in [0.25, 0.3) is 0 Å². The van der Waals surface area contributed by atoms with Gasteiger partial charge in [-0.25, -0.2) is 4.79 Å². The fourth-order valence-electron chi connectivity index (χ4n) is 4.31. The number of hydrogen-bond acceptors (Lipinski definition) is 2. The topological polar surface area (TPSA) is 55.4 Å². The molecule has 1 N–H and O–H groups in total. The van der Waals surface area contributed by atoms with Crippen molar-refractivity contribution in [3.63, 3.8) is 0 Å². The standard InChI is InChI=1S/C27H17NO3/c29-27(30)19-8-5-9-20(14-19)28-23-13-12-17-6-1-3-10-21(17)22(23)16-24(28)26-15-18-7-2-4-11-25(18)31-26/h1-16H,(H,29,30). The summed E-state index contributed by atoms with van der Waals surface area (Å²) < 4.78 is 8.27. The molecule has 0 bridgehead atoms. The molecule has 0 amide bonds. The Balaban J connectivity index is 1.72. The summed E-state index contributed by atoms with van der Waals surface area (Å²) in [5.41, 5.74) is 3.72. The molecule has 0 aliphatic carbocycles. The van der Waals surface area contributed by atoms with Crippen LogP contribution in [0.15, 0.2) is 101 Å². The Bertz CT molecular complexity index is 1590. The van der Waals surface area contributed by atoms with Gasteiger partial charge in [-0.05, 0) is 53.2 Å². The van der Waals surface area contributed by atoms with Gasteiger partial charge in [0.15, 0.2) is 5.76 Å². The number of benzene rings is 4. The van der Waals surface area contributed by atoms with E-state index in [2.05, 4.69) is 34.9 Å². The van der Waals surface area contributed by atoms with E-state index in [9.17, 15) is 9.90 Å². The summed E-state index contributed by atoms with van der Waals surface area (Å²) in [4.78, 5) is 11.6. The summed E-state index contributed by atoms with van der Waals surface area (Å²) in [5, 5.41) is 13.9. The Morgan fingerprint density at radius 3 is 2.39 bits per heavy atom. The number of nitrogens with zero attached hydrogens (tertiary/aromatic N) is 1. The lowest BCUT2D eigenvalue weighted by Crippen LogP contribution is -2.01. The number of para-hydroxylation sites is 1. The molecule has 6 aromatic rings. The van der Waals surface area contributed by atoms with Crippen LogP contribution in [-0.2, 0) is 0 Å². The Labute approximate surface area is 177 Å². The van der Waals surface area contributed by atoms with Crippen LogP contribution >= 0.6 is 0 Å². The van der Waals surface area contributed by atoms with Gasteiger partial charge in [-0.15, -0.1) is 0 Å². The van der Waals surface area contributed by atoms with Gasteiger partial charge in [-0.2, -0.15) is 0 Å². The van der Waals surface area contributed by atoms with E-state index in [1.165, 1.54) is 0 Å². The van der Waals surface area contributed by atoms with Crippen LogP contribution in [-0.4, -0.2) is 15.6 Å². The van der Waals surface area contributed by atoms with E-state index in [0.717, 1.165) is 49.8 Å². The van der Waals surface area contributed by atoms with E-state index in [0.29, 0.717) is 0 Å². The molecule has 0 spiro atoms. The maximum Gasteiger partial charge on any atom is 0.335 e. The lowest BCUT2D eigenvalue weighted by Gasteiger charge is -2.11. The summed E-state index contributed by atoms with van der Waals surface area (Å²) in [6, 6.07) is 31.5. The number of furan rings is 1. The van der Waals surface area contributed by atoms with Gasteiger partial charge in [0.1, 0.15) is 5.58 Å². The highest BCUT2D eigenvalue weighted by atomic mass is 16.4. The van der Waals surface area contributed by atoms with Crippen molar-refractivity contribution in [2.75, 3.05) is 0 Å². The molecule has 2 heterocycles. The predicted octanol–water partition coefficient (Wildman–Crippen LogP) is 6.90. The van der Waals surface area contributed by atoms with Crippen LogP contribution in [0.1, 0.15) is 10.4 Å². The molecule has 0 unspecified atom stereocenters. The summed E-state index contributed by atoms with van der Waals surface area (Å²) >= 11 is 0. The van der Waals surface area contributed by atoms with Gasteiger partial charge in [0.05, 0.1) is 16.8 Å². The second-order valence-corrected chi connectivity index (χ2v) is 7.59. The summed E-state index contributed by atoms with van der Waals surface area (Å²) in [6.07, 6.45) is 0. The lowest BCUT2D eigenvalue weighted by molar-refractivity contribution is 0.0697. The van der Waals surface area contributed by atoms with E-state index in [1.54, 1.807) is 18.2 Å². The van der Waals surface area contributed by atoms with Gasteiger partial charge in [0.2, 0.25) is 0 Å². The number of carboxylic acid groups (broad SMARTS) is 1. The van der Waals surface area contributed by atoms with Crippen LogP contribution in [0.3, 0.4) is 0 Å². The van der Waals surface area contributed by atoms with Gasteiger partial charge >= 0.3 is 5.97 Å². The third-order valence-corrected chi connectivity index (χ3v) is 5.74. The van der Waals surface area contributed by atoms with Gasteiger partial charge < -0.3 is 14.1 Å². The molecular weight excluding hydrogens is 386 g/mol. The van der Waals surface area contributed by atoms with Crippen molar-refractivity contribution >= 4 is 38.6 Å². The van der Waals surface area contributed by atoms with E-state index >= 15 is 0 Å². The van der Waals surface area contributed by atoms with E-state index in [-0.39, 0.29) is 5.56 Å². The maximum atomic E-state index is 11.6. The SMILES string of the molecule is O=C(O)c1cccc(-n2c(-c3cc4ccccc4o3)cc3c4ccccc4ccc32)c1. The number of aromatic nitrogens is 1. The first-order valence-corrected chi connectivity index (χ1v) is 10.0. The first-order chi connectivity index (χ1) is 15.2. The van der Waals surface area contributed by atoms with Gasteiger partial charge in [-0.3, -0.25) is 0 Å². The second-order valence-electron chi connectivity index (χ2n) is 7.59. The van der Waals surface area contributed by atoms with E-state index in [4.69, 9.17) is 4.42 Å². The van der Waals surface area contributed by atoms with Gasteiger partial charge in [0, 0.05) is 16.5 Å². The number of fused-ring (bicyclic) bond motifs is 4. The van der Waals surface area contributed by atoms with Crippen molar-refractivity contribution in [1.29, 1.82) is 0 Å². The molecule has 6 rings (SSSR count). The van der Waals surface area contributed by atoms with Crippen molar-refractivity contribution < 1.29 is 14.3 Å². The molecule has 148 valence electrons. The molecule has 4 heteroatoms. The van der Waals surface area contributed by atoms with Crippen LogP contribution in [0.5, 0.6) is 0 Å². The lowest BCUT2D eigenvalue weighted by atomic mass is 10.1. The Morgan fingerprint density at radius 2 is 1.55 bits per heavy atom. The largest absolute Gasteiger partial charge is 0.478 e. The highest BCUT2D eigenvalue weighted by Gasteiger charge is 2.18. The smallest absolute Gasteiger partial charge is 0.335 e. The molecule has 2 aromatic heterocycles. The number of hydrogen-bond donors (Lipinski definition) is 1. The molecule has 0 radical (unpaired) electrons. The minimum absolute atomic E-state index is 0.246. The van der Waals surface area contributed by atoms with Crippen molar-refractivity contribution in [1.82, 2.24) is 4.57 Å². The second kappa shape index (κ2) is 6.61. The predicted molar refractivity (Wildman–Crippen MR) is 123 cm³/mol. The highest BCUT2D eigenvalue weighted by molar-refractivity contribution is 6.09. The minimum Gasteiger partial charge on any atom is -0.478 e.